The number of carbonyl (C=O) groups is 1. The van der Waals surface area contributed by atoms with Gasteiger partial charge in [0.25, 0.3) is 0 Å². The van der Waals surface area contributed by atoms with Crippen molar-refractivity contribution in [2.45, 2.75) is 31.6 Å². The summed E-state index contributed by atoms with van der Waals surface area (Å²) in [7, 11) is -1.78. The molecule has 0 saturated heterocycles. The van der Waals surface area contributed by atoms with Crippen LogP contribution in [0.2, 0.25) is 0 Å². The smallest absolute Gasteiger partial charge is 0.343 e. The number of hydrogen-bond acceptors (Lipinski definition) is 5. The van der Waals surface area contributed by atoms with Crippen LogP contribution in [0.3, 0.4) is 0 Å². The van der Waals surface area contributed by atoms with E-state index in [0.29, 0.717) is 24.4 Å². The molecule has 7 heteroatoms. The summed E-state index contributed by atoms with van der Waals surface area (Å²) in [5.74, 6) is -0.119. The molecule has 146 valence electrons. The quantitative estimate of drug-likeness (QED) is 0.521. The molecule has 0 bridgehead atoms. The lowest BCUT2D eigenvalue weighted by atomic mass is 10.2. The maximum Gasteiger partial charge on any atom is 0.343 e. The van der Waals surface area contributed by atoms with Crippen LogP contribution in [0.4, 0.5) is 5.69 Å². The van der Waals surface area contributed by atoms with E-state index in [4.69, 9.17) is 4.74 Å². The molecule has 1 N–H and O–H groups in total. The second-order valence-corrected chi connectivity index (χ2v) is 8.03. The summed E-state index contributed by atoms with van der Waals surface area (Å²) in [6.45, 7) is 4.84. The molecule has 0 radical (unpaired) electrons. The number of anilines is 1. The molecule has 27 heavy (non-hydrogen) atoms. The zero-order valence-electron chi connectivity index (χ0n) is 15.9. The monoisotopic (exact) mass is 390 g/mol. The number of rotatable bonds is 9. The van der Waals surface area contributed by atoms with Gasteiger partial charge in [0.2, 0.25) is 10.0 Å². The normalized spacial score (nSPS) is 11.4. The van der Waals surface area contributed by atoms with Crippen LogP contribution in [-0.4, -0.2) is 38.8 Å². The van der Waals surface area contributed by atoms with Gasteiger partial charge < -0.3 is 10.1 Å². The third-order valence-corrected chi connectivity index (χ3v) is 5.92. The van der Waals surface area contributed by atoms with Crippen molar-refractivity contribution >= 4 is 21.7 Å². The van der Waals surface area contributed by atoms with Gasteiger partial charge in [-0.05, 0) is 49.2 Å². The maximum absolute atomic E-state index is 12.8. The number of hydrogen-bond donors (Lipinski definition) is 1. The van der Waals surface area contributed by atoms with E-state index >= 15 is 0 Å². The van der Waals surface area contributed by atoms with Crippen molar-refractivity contribution < 1.29 is 17.9 Å². The Labute approximate surface area is 161 Å². The molecule has 0 spiro atoms. The van der Waals surface area contributed by atoms with Crippen molar-refractivity contribution in [3.8, 4) is 5.75 Å². The first kappa shape index (κ1) is 20.9. The van der Waals surface area contributed by atoms with Crippen LogP contribution in [0.25, 0.3) is 0 Å². The highest BCUT2D eigenvalue weighted by molar-refractivity contribution is 7.89. The van der Waals surface area contributed by atoms with Crippen LogP contribution < -0.4 is 10.1 Å². The Balaban J connectivity index is 2.16. The molecular formula is C20H26N2O4S. The van der Waals surface area contributed by atoms with Gasteiger partial charge in [-0.25, -0.2) is 13.2 Å². The van der Waals surface area contributed by atoms with Gasteiger partial charge >= 0.3 is 5.97 Å². The minimum atomic E-state index is -3.56. The van der Waals surface area contributed by atoms with Crippen LogP contribution in [0.5, 0.6) is 5.75 Å². The van der Waals surface area contributed by atoms with Gasteiger partial charge in [-0.15, -0.1) is 0 Å². The molecule has 0 aromatic heterocycles. The average molecular weight is 391 g/mol. The third kappa shape index (κ3) is 5.30. The lowest BCUT2D eigenvalue weighted by Gasteiger charge is -2.21. The number of esters is 1. The van der Waals surface area contributed by atoms with Gasteiger partial charge in [0.05, 0.1) is 10.5 Å². The van der Waals surface area contributed by atoms with Crippen molar-refractivity contribution in [2.24, 2.45) is 0 Å². The van der Waals surface area contributed by atoms with E-state index in [0.717, 1.165) is 18.5 Å². The van der Waals surface area contributed by atoms with Crippen molar-refractivity contribution in [1.29, 1.82) is 0 Å². The minimum absolute atomic E-state index is 0.179. The fourth-order valence-corrected chi connectivity index (χ4v) is 4.27. The summed E-state index contributed by atoms with van der Waals surface area (Å²) in [5.41, 5.74) is 1.12. The highest BCUT2D eigenvalue weighted by atomic mass is 32.2. The molecule has 0 heterocycles. The summed E-state index contributed by atoms with van der Waals surface area (Å²) in [6.07, 6.45) is 1.49. The van der Waals surface area contributed by atoms with Crippen LogP contribution in [0.15, 0.2) is 53.4 Å². The van der Waals surface area contributed by atoms with E-state index in [1.807, 2.05) is 19.9 Å². The Kier molecular flexibility index (Phi) is 7.38. The van der Waals surface area contributed by atoms with Crippen LogP contribution in [0, 0.1) is 0 Å². The lowest BCUT2D eigenvalue weighted by molar-refractivity contribution is 0.0735. The fraction of sp³-hybridized carbons (Fsp3) is 0.350. The van der Waals surface area contributed by atoms with Crippen molar-refractivity contribution in [1.82, 2.24) is 4.31 Å². The average Bonchev–Trinajstić information content (AvgIpc) is 2.68. The summed E-state index contributed by atoms with van der Waals surface area (Å²) in [5, 5.41) is 2.97. The molecule has 0 amide bonds. The van der Waals surface area contributed by atoms with E-state index < -0.39 is 16.0 Å². The van der Waals surface area contributed by atoms with E-state index in [-0.39, 0.29) is 4.90 Å². The predicted molar refractivity (Wildman–Crippen MR) is 107 cm³/mol. The third-order valence-electron chi connectivity index (χ3n) is 4.01. The lowest BCUT2D eigenvalue weighted by Crippen LogP contribution is -2.32. The SMILES string of the molecule is CCCN(CCC)S(=O)(=O)c1ccc(C(=O)Oc2cccc(NC)c2)cc1. The first-order valence-corrected chi connectivity index (χ1v) is 10.5. The summed E-state index contributed by atoms with van der Waals surface area (Å²) >= 11 is 0. The van der Waals surface area contributed by atoms with Crippen LogP contribution in [-0.2, 0) is 10.0 Å². The summed E-state index contributed by atoms with van der Waals surface area (Å²) in [6, 6.07) is 12.9. The highest BCUT2D eigenvalue weighted by Crippen LogP contribution is 2.20. The molecule has 0 saturated carbocycles. The van der Waals surface area contributed by atoms with Gasteiger partial charge in [0.1, 0.15) is 5.75 Å². The van der Waals surface area contributed by atoms with E-state index in [9.17, 15) is 13.2 Å². The Hall–Kier alpha value is -2.38. The topological polar surface area (TPSA) is 75.7 Å². The number of ether oxygens (including phenoxy) is 1. The van der Waals surface area contributed by atoms with Crippen LogP contribution >= 0.6 is 0 Å². The number of carbonyl (C=O) groups excluding carboxylic acids is 1. The molecule has 0 fully saturated rings. The van der Waals surface area contributed by atoms with E-state index in [2.05, 4.69) is 5.32 Å². The maximum atomic E-state index is 12.8. The van der Waals surface area contributed by atoms with Gasteiger partial charge in [-0.3, -0.25) is 0 Å². The molecule has 6 nitrogen and oxygen atoms in total. The van der Waals surface area contributed by atoms with Crippen molar-refractivity contribution in [3.63, 3.8) is 0 Å². The fourth-order valence-electron chi connectivity index (χ4n) is 2.64. The second kappa shape index (κ2) is 9.53. The Morgan fingerprint density at radius 2 is 1.67 bits per heavy atom. The zero-order chi connectivity index (χ0) is 19.9. The van der Waals surface area contributed by atoms with E-state index in [1.165, 1.54) is 28.6 Å². The number of sulfonamides is 1. The Bertz CT molecular complexity index is 858. The van der Waals surface area contributed by atoms with Crippen molar-refractivity contribution in [3.05, 3.63) is 54.1 Å². The van der Waals surface area contributed by atoms with Gasteiger partial charge in [0, 0.05) is 31.9 Å². The predicted octanol–water partition coefficient (Wildman–Crippen LogP) is 3.76. The highest BCUT2D eigenvalue weighted by Gasteiger charge is 2.23. The summed E-state index contributed by atoms with van der Waals surface area (Å²) in [4.78, 5) is 12.5. The minimum Gasteiger partial charge on any atom is -0.423 e. The molecule has 0 aliphatic carbocycles. The number of nitrogens with one attached hydrogen (secondary N) is 1. The first-order chi connectivity index (χ1) is 12.9. The first-order valence-electron chi connectivity index (χ1n) is 9.02. The van der Waals surface area contributed by atoms with E-state index in [1.54, 1.807) is 25.2 Å². The molecule has 0 atom stereocenters. The molecule has 2 aromatic rings. The molecule has 0 unspecified atom stereocenters. The molecule has 0 aliphatic heterocycles. The number of nitrogens with zero attached hydrogens (tertiary/aromatic N) is 1. The van der Waals surface area contributed by atoms with Gasteiger partial charge in [-0.1, -0.05) is 19.9 Å². The Morgan fingerprint density at radius 1 is 1.04 bits per heavy atom. The van der Waals surface area contributed by atoms with Crippen molar-refractivity contribution in [2.75, 3.05) is 25.5 Å². The summed E-state index contributed by atoms with van der Waals surface area (Å²) < 4.78 is 32.3. The molecule has 0 aliphatic rings. The zero-order valence-corrected chi connectivity index (χ0v) is 16.8. The second-order valence-electron chi connectivity index (χ2n) is 6.10. The number of benzene rings is 2. The van der Waals surface area contributed by atoms with Gasteiger partial charge in [0.15, 0.2) is 0 Å². The molecule has 2 rings (SSSR count). The van der Waals surface area contributed by atoms with Crippen LogP contribution in [0.1, 0.15) is 37.0 Å². The molecular weight excluding hydrogens is 364 g/mol. The largest absolute Gasteiger partial charge is 0.423 e. The van der Waals surface area contributed by atoms with Gasteiger partial charge in [-0.2, -0.15) is 4.31 Å². The standard InChI is InChI=1S/C20H26N2O4S/c1-4-13-22(14-5-2)27(24,25)19-11-9-16(10-12-19)20(23)26-18-8-6-7-17(15-18)21-3/h6-12,15,21H,4-5,13-14H2,1-3H3. The molecule has 2 aromatic carbocycles. The Morgan fingerprint density at radius 3 is 2.22 bits per heavy atom.